The van der Waals surface area contributed by atoms with Crippen LogP contribution in [0.25, 0.3) is 0 Å². The van der Waals surface area contributed by atoms with E-state index in [1.165, 1.54) is 0 Å². The Bertz CT molecular complexity index is 1150. The highest BCUT2D eigenvalue weighted by molar-refractivity contribution is 6.55. The number of unbranched alkanes of at least 4 members (excludes halogenated alkanes) is 2. The number of halogens is 4. The second-order valence-corrected chi connectivity index (χ2v) is 9.57. The third-order valence-electron chi connectivity index (χ3n) is 5.56. The average molecular weight is 560 g/mol. The van der Waals surface area contributed by atoms with Gasteiger partial charge in [0.2, 0.25) is 0 Å². The van der Waals surface area contributed by atoms with E-state index in [2.05, 4.69) is 5.32 Å². The van der Waals surface area contributed by atoms with Crippen LogP contribution in [0.2, 0.25) is 20.1 Å². The highest BCUT2D eigenvalue weighted by atomic mass is 35.5. The number of aryl methyl sites for hydroxylation is 2. The maximum atomic E-state index is 12.7. The Morgan fingerprint density at radius 1 is 0.857 bits per heavy atom. The molecule has 2 aromatic rings. The van der Waals surface area contributed by atoms with Crippen LogP contribution >= 0.6 is 46.4 Å². The molecule has 0 saturated heterocycles. The Hall–Kier alpha value is -2.32. The van der Waals surface area contributed by atoms with Crippen LogP contribution in [0.1, 0.15) is 57.5 Å². The zero-order valence-corrected chi connectivity index (χ0v) is 22.0. The average Bonchev–Trinajstić information content (AvgIpc) is 3.07. The summed E-state index contributed by atoms with van der Waals surface area (Å²) in [5.41, 5.74) is 2.42. The molecule has 0 saturated carbocycles. The lowest BCUT2D eigenvalue weighted by molar-refractivity contribution is -0.147. The van der Waals surface area contributed by atoms with Gasteiger partial charge < -0.3 is 10.1 Å². The lowest BCUT2D eigenvalue weighted by Gasteiger charge is -2.13. The molecule has 0 atom stereocenters. The van der Waals surface area contributed by atoms with Crippen molar-refractivity contribution in [2.75, 3.05) is 18.5 Å². The number of rotatable bonds is 9. The standard InChI is InChI=1S/C24H22Cl4N2O5/c1-12-7-6-8-13(2)22(12)29-14(31)11-35-15(32)9-4-3-5-10-30-23(33)16-17(24(30)34)19(26)21(28)20(27)18(16)25/h6-8H,3-5,9-11H2,1-2H3,(H,29,31). The molecule has 35 heavy (non-hydrogen) atoms. The van der Waals surface area contributed by atoms with Gasteiger partial charge in [-0.1, -0.05) is 71.0 Å². The van der Waals surface area contributed by atoms with Crippen LogP contribution in [0, 0.1) is 13.8 Å². The SMILES string of the molecule is Cc1cccc(C)c1NC(=O)COC(=O)CCCCCN1C(=O)c2c(Cl)c(Cl)c(Cl)c(Cl)c2C1=O. The lowest BCUT2D eigenvalue weighted by atomic mass is 10.1. The molecule has 7 nitrogen and oxygen atoms in total. The molecule has 0 aliphatic carbocycles. The van der Waals surface area contributed by atoms with Crippen LogP contribution in [0.15, 0.2) is 18.2 Å². The maximum absolute atomic E-state index is 12.7. The Morgan fingerprint density at radius 2 is 1.40 bits per heavy atom. The first-order valence-electron chi connectivity index (χ1n) is 10.8. The quantitative estimate of drug-likeness (QED) is 0.129. The Morgan fingerprint density at radius 3 is 1.94 bits per heavy atom. The number of anilines is 1. The minimum atomic E-state index is -0.593. The van der Waals surface area contributed by atoms with Gasteiger partial charge in [-0.15, -0.1) is 0 Å². The number of nitrogens with one attached hydrogen (secondary N) is 1. The van der Waals surface area contributed by atoms with Crippen molar-refractivity contribution in [3.05, 3.63) is 60.5 Å². The number of hydrogen-bond donors (Lipinski definition) is 1. The summed E-state index contributed by atoms with van der Waals surface area (Å²) in [6, 6.07) is 5.65. The molecule has 186 valence electrons. The van der Waals surface area contributed by atoms with Gasteiger partial charge in [-0.2, -0.15) is 0 Å². The fourth-order valence-corrected chi connectivity index (χ4v) is 4.73. The van der Waals surface area contributed by atoms with Crippen molar-refractivity contribution in [2.45, 2.75) is 39.5 Å². The third-order valence-corrected chi connectivity index (χ3v) is 7.36. The van der Waals surface area contributed by atoms with Crippen LogP contribution in [0.4, 0.5) is 5.69 Å². The topological polar surface area (TPSA) is 92.8 Å². The largest absolute Gasteiger partial charge is 0.456 e. The number of imide groups is 1. The normalized spacial score (nSPS) is 12.7. The van der Waals surface area contributed by atoms with Crippen LogP contribution in [0.3, 0.4) is 0 Å². The van der Waals surface area contributed by atoms with Gasteiger partial charge in [-0.25, -0.2) is 0 Å². The fourth-order valence-electron chi connectivity index (χ4n) is 3.72. The summed E-state index contributed by atoms with van der Waals surface area (Å²) in [6.45, 7) is 3.49. The van der Waals surface area contributed by atoms with Crippen LogP contribution < -0.4 is 5.32 Å². The van der Waals surface area contributed by atoms with Gasteiger partial charge in [-0.3, -0.25) is 24.1 Å². The summed E-state index contributed by atoms with van der Waals surface area (Å²) in [6.07, 6.45) is 1.55. The summed E-state index contributed by atoms with van der Waals surface area (Å²) in [5, 5.41) is 2.37. The molecule has 1 N–H and O–H groups in total. The molecule has 3 rings (SSSR count). The number of ether oxygens (including phenoxy) is 1. The smallest absolute Gasteiger partial charge is 0.306 e. The van der Waals surface area contributed by atoms with Gasteiger partial charge in [-0.05, 0) is 37.8 Å². The number of nitrogens with zero attached hydrogens (tertiary/aromatic N) is 1. The van der Waals surface area contributed by atoms with Crippen LogP contribution in [-0.2, 0) is 14.3 Å². The molecular formula is C24H22Cl4N2O5. The predicted octanol–water partition coefficient (Wildman–Crippen LogP) is 6.26. The lowest BCUT2D eigenvalue weighted by Crippen LogP contribution is -2.30. The summed E-state index contributed by atoms with van der Waals surface area (Å²) >= 11 is 24.2. The Kier molecular flexibility index (Phi) is 9.05. The van der Waals surface area contributed by atoms with E-state index in [1.807, 2.05) is 32.0 Å². The number of benzene rings is 2. The van der Waals surface area contributed by atoms with Crippen molar-refractivity contribution in [1.29, 1.82) is 0 Å². The van der Waals surface area contributed by atoms with E-state index >= 15 is 0 Å². The van der Waals surface area contributed by atoms with Crippen LogP contribution in [0.5, 0.6) is 0 Å². The summed E-state index contributed by atoms with van der Waals surface area (Å²) in [7, 11) is 0. The van der Waals surface area contributed by atoms with E-state index in [1.54, 1.807) is 0 Å². The summed E-state index contributed by atoms with van der Waals surface area (Å²) in [4.78, 5) is 50.5. The maximum Gasteiger partial charge on any atom is 0.306 e. The first-order valence-corrected chi connectivity index (χ1v) is 12.3. The zero-order chi connectivity index (χ0) is 25.9. The van der Waals surface area contributed by atoms with Crippen molar-refractivity contribution in [1.82, 2.24) is 4.90 Å². The van der Waals surface area contributed by atoms with Gasteiger partial charge in [0.25, 0.3) is 17.7 Å². The van der Waals surface area contributed by atoms with Crippen molar-refractivity contribution in [3.8, 4) is 0 Å². The molecule has 0 radical (unpaired) electrons. The number of carbonyl (C=O) groups is 4. The number of esters is 1. The van der Waals surface area contributed by atoms with Crippen molar-refractivity contribution >= 4 is 75.8 Å². The molecule has 0 spiro atoms. The fraction of sp³-hybridized carbons (Fsp3) is 0.333. The molecule has 1 aliphatic rings. The van der Waals surface area contributed by atoms with E-state index in [0.29, 0.717) is 24.9 Å². The molecule has 0 bridgehead atoms. The molecule has 2 aromatic carbocycles. The van der Waals surface area contributed by atoms with E-state index in [0.717, 1.165) is 16.0 Å². The van der Waals surface area contributed by atoms with Gasteiger partial charge in [0.1, 0.15) is 0 Å². The molecule has 3 amide bonds. The van der Waals surface area contributed by atoms with Crippen molar-refractivity contribution < 1.29 is 23.9 Å². The molecule has 11 heteroatoms. The number of para-hydroxylation sites is 1. The van der Waals surface area contributed by atoms with E-state index in [4.69, 9.17) is 51.1 Å². The van der Waals surface area contributed by atoms with Gasteiger partial charge in [0, 0.05) is 18.7 Å². The Balaban J connectivity index is 1.41. The molecule has 0 fully saturated rings. The van der Waals surface area contributed by atoms with E-state index in [9.17, 15) is 19.2 Å². The highest BCUT2D eigenvalue weighted by Crippen LogP contribution is 2.44. The number of amides is 3. The monoisotopic (exact) mass is 558 g/mol. The van der Waals surface area contributed by atoms with Gasteiger partial charge in [0.15, 0.2) is 6.61 Å². The summed E-state index contributed by atoms with van der Waals surface area (Å²) in [5.74, 6) is -2.11. The second kappa shape index (κ2) is 11.6. The number of hydrogen-bond acceptors (Lipinski definition) is 5. The van der Waals surface area contributed by atoms with Crippen molar-refractivity contribution in [2.24, 2.45) is 0 Å². The summed E-state index contributed by atoms with van der Waals surface area (Å²) < 4.78 is 5.04. The highest BCUT2D eigenvalue weighted by Gasteiger charge is 2.41. The predicted molar refractivity (Wildman–Crippen MR) is 136 cm³/mol. The third kappa shape index (κ3) is 5.92. The molecular weight excluding hydrogens is 538 g/mol. The van der Waals surface area contributed by atoms with E-state index < -0.39 is 23.7 Å². The minimum Gasteiger partial charge on any atom is -0.456 e. The minimum absolute atomic E-state index is 0.0567. The van der Waals surface area contributed by atoms with Crippen molar-refractivity contribution in [3.63, 3.8) is 0 Å². The first kappa shape index (κ1) is 27.3. The number of fused-ring (bicyclic) bond motifs is 1. The van der Waals surface area contributed by atoms with Crippen LogP contribution in [-0.4, -0.2) is 41.7 Å². The Labute approximate surface area is 222 Å². The molecule has 0 aromatic heterocycles. The molecule has 1 aliphatic heterocycles. The zero-order valence-electron chi connectivity index (χ0n) is 19.0. The van der Waals surface area contributed by atoms with Gasteiger partial charge >= 0.3 is 5.97 Å². The molecule has 0 unspecified atom stereocenters. The van der Waals surface area contributed by atoms with Gasteiger partial charge in [0.05, 0.1) is 31.2 Å². The first-order chi connectivity index (χ1) is 16.5. The van der Waals surface area contributed by atoms with E-state index in [-0.39, 0.29) is 50.8 Å². The number of carbonyl (C=O) groups excluding carboxylic acids is 4. The second-order valence-electron chi connectivity index (χ2n) is 8.05. The molecule has 1 heterocycles.